The topological polar surface area (TPSA) is 161 Å². The lowest BCUT2D eigenvalue weighted by Gasteiger charge is -2.69. The molecule has 5 aliphatic carbocycles. The molecule has 0 radical (unpaired) electrons. The fourth-order valence-electron chi connectivity index (χ4n) is 14.2. The molecule has 2 aliphatic heterocycles. The quantitative estimate of drug-likeness (QED) is 0.209. The van der Waals surface area contributed by atoms with Crippen molar-refractivity contribution in [3.05, 3.63) is 0 Å². The van der Waals surface area contributed by atoms with Gasteiger partial charge in [-0.2, -0.15) is 0 Å². The molecule has 0 bridgehead atoms. The molecule has 290 valence electrons. The van der Waals surface area contributed by atoms with E-state index in [-0.39, 0.29) is 63.9 Å². The Kier molecular flexibility index (Phi) is 9.18. The molecule has 7 aliphatic rings. The molecule has 7 fully saturated rings. The minimum absolute atomic E-state index is 0.0185. The molecule has 11 nitrogen and oxygen atoms in total. The zero-order valence-corrected chi connectivity index (χ0v) is 32.2. The van der Waals surface area contributed by atoms with Gasteiger partial charge in [-0.3, -0.25) is 9.59 Å². The molecule has 2 heterocycles. The summed E-state index contributed by atoms with van der Waals surface area (Å²) in [5.74, 6) is 0.506. The fraction of sp³-hybridized carbons (Fsp3) is 0.950. The Morgan fingerprint density at radius 2 is 1.53 bits per heavy atom. The molecule has 0 unspecified atom stereocenters. The third-order valence-electron chi connectivity index (χ3n) is 16.6. The number of aliphatic hydroxyl groups is 4. The molecule has 4 N–H and O–H groups in total. The maximum Gasteiger partial charge on any atom is 0.302 e. The van der Waals surface area contributed by atoms with Crippen LogP contribution >= 0.6 is 0 Å². The van der Waals surface area contributed by atoms with Gasteiger partial charge in [-0.05, 0) is 112 Å². The van der Waals surface area contributed by atoms with Gasteiger partial charge in [-0.15, -0.1) is 0 Å². The van der Waals surface area contributed by atoms with E-state index in [0.29, 0.717) is 24.2 Å². The lowest BCUT2D eigenvalue weighted by atomic mass is 9.37. The van der Waals surface area contributed by atoms with Crippen molar-refractivity contribution in [2.45, 2.75) is 181 Å². The summed E-state index contributed by atoms with van der Waals surface area (Å²) < 4.78 is 30.5. The third-order valence-corrected chi connectivity index (χ3v) is 16.6. The molecule has 0 aromatic carbocycles. The van der Waals surface area contributed by atoms with Crippen LogP contribution in [-0.2, 0) is 33.3 Å². The van der Waals surface area contributed by atoms with Crippen LogP contribution in [0.5, 0.6) is 0 Å². The van der Waals surface area contributed by atoms with Gasteiger partial charge in [-0.1, -0.05) is 34.6 Å². The Balaban J connectivity index is 1.23. The van der Waals surface area contributed by atoms with Crippen LogP contribution in [0.1, 0.15) is 120 Å². The Morgan fingerprint density at radius 1 is 0.824 bits per heavy atom. The van der Waals surface area contributed by atoms with Gasteiger partial charge < -0.3 is 44.1 Å². The van der Waals surface area contributed by atoms with Gasteiger partial charge >= 0.3 is 11.9 Å². The van der Waals surface area contributed by atoms with Crippen molar-refractivity contribution in [1.82, 2.24) is 0 Å². The highest BCUT2D eigenvalue weighted by atomic mass is 16.7. The van der Waals surface area contributed by atoms with Crippen LogP contribution < -0.4 is 0 Å². The van der Waals surface area contributed by atoms with Crippen LogP contribution in [0.25, 0.3) is 0 Å². The molecule has 51 heavy (non-hydrogen) atoms. The number of carbonyl (C=O) groups is 2. The Labute approximate surface area is 303 Å². The number of hydrogen-bond acceptors (Lipinski definition) is 11. The molecule has 5 saturated carbocycles. The predicted octanol–water partition coefficient (Wildman–Crippen LogP) is 4.29. The van der Waals surface area contributed by atoms with Crippen LogP contribution in [0.3, 0.4) is 0 Å². The van der Waals surface area contributed by atoms with Crippen LogP contribution in [0.2, 0.25) is 0 Å². The number of hydrogen-bond donors (Lipinski definition) is 4. The number of ether oxygens (including phenoxy) is 5. The van der Waals surface area contributed by atoms with Gasteiger partial charge in [0.25, 0.3) is 0 Å². The van der Waals surface area contributed by atoms with Gasteiger partial charge in [0.05, 0.1) is 17.8 Å². The Bertz CT molecular complexity index is 1380. The lowest BCUT2D eigenvalue weighted by Crippen LogP contribution is -2.68. The van der Waals surface area contributed by atoms with E-state index >= 15 is 0 Å². The third kappa shape index (κ3) is 5.35. The predicted molar refractivity (Wildman–Crippen MR) is 185 cm³/mol. The summed E-state index contributed by atoms with van der Waals surface area (Å²) in [5, 5.41) is 43.9. The van der Waals surface area contributed by atoms with E-state index in [2.05, 4.69) is 34.6 Å². The monoisotopic (exact) mass is 720 g/mol. The summed E-state index contributed by atoms with van der Waals surface area (Å²) in [7, 11) is 0. The summed E-state index contributed by atoms with van der Waals surface area (Å²) >= 11 is 0. The molecule has 0 aromatic heterocycles. The van der Waals surface area contributed by atoms with Crippen molar-refractivity contribution in [2.24, 2.45) is 50.7 Å². The largest absolute Gasteiger partial charge is 0.463 e. The van der Waals surface area contributed by atoms with Gasteiger partial charge in [0, 0.05) is 24.7 Å². The van der Waals surface area contributed by atoms with Crippen molar-refractivity contribution in [3.8, 4) is 0 Å². The van der Waals surface area contributed by atoms with Crippen LogP contribution in [-0.4, -0.2) is 99.7 Å². The average Bonchev–Trinajstić information content (AvgIpc) is 3.62. The molecule has 2 saturated heterocycles. The highest BCUT2D eigenvalue weighted by molar-refractivity contribution is 5.66. The summed E-state index contributed by atoms with van der Waals surface area (Å²) in [5.41, 5.74) is -1.01. The molecule has 0 spiro atoms. The van der Waals surface area contributed by atoms with Crippen molar-refractivity contribution in [2.75, 3.05) is 6.61 Å². The van der Waals surface area contributed by atoms with Crippen molar-refractivity contribution < 1.29 is 53.7 Å². The minimum Gasteiger partial charge on any atom is -0.463 e. The van der Waals surface area contributed by atoms with E-state index in [1.54, 1.807) is 0 Å². The van der Waals surface area contributed by atoms with Gasteiger partial charge in [0.2, 0.25) is 0 Å². The number of carbonyl (C=O) groups excluding carboxylic acids is 2. The van der Waals surface area contributed by atoms with E-state index < -0.39 is 48.4 Å². The standard InChI is InChI=1S/C40H64O11/c1-20(16-24-33(46)36(6,7)51-24)23-10-15-40-19-39(23,40)14-11-26-37(8)13-12-28(48-22(3)42)35(4,5)27(37)17-29(38(26,40)9)50-34-32(45)31(44)30(43)25(49-34)18-47-21(2)41/h20,23-34,43-46H,10-19H2,1-9H3/t20-,23-,24+,25+,26+,27-,28+,29+,30+,31-,32+,33+,34-,37+,38-,39+,40+/m0/s1. The highest BCUT2D eigenvalue weighted by Gasteiger charge is 2.85. The Morgan fingerprint density at radius 3 is 2.16 bits per heavy atom. The SMILES string of the molecule is CC(=O)OC[C@H]1O[C@@H](O[C@@H]2C[C@H]3C(C)(C)[C@H](OC(C)=O)CC[C@]3(C)[C@H]3CC[C@]45C[C@]4(CC[C@H]5[C@@H](C)C[C@H]4OC(C)(C)[C@@H]4O)[C@@]32C)[C@H](O)[C@@H](O)[C@@H]1O. The van der Waals surface area contributed by atoms with Crippen LogP contribution in [0.4, 0.5) is 0 Å². The smallest absolute Gasteiger partial charge is 0.302 e. The van der Waals surface area contributed by atoms with E-state index in [1.807, 2.05) is 13.8 Å². The first-order valence-electron chi connectivity index (χ1n) is 19.7. The molecule has 11 heteroatoms. The summed E-state index contributed by atoms with van der Waals surface area (Å²) in [4.78, 5) is 23.9. The molecular weight excluding hydrogens is 656 g/mol. The van der Waals surface area contributed by atoms with Crippen molar-refractivity contribution >= 4 is 11.9 Å². The number of fused-ring (bicyclic) bond motifs is 3. The molecule has 17 atom stereocenters. The van der Waals surface area contributed by atoms with E-state index in [9.17, 15) is 30.0 Å². The van der Waals surface area contributed by atoms with Gasteiger partial charge in [0.1, 0.15) is 43.2 Å². The van der Waals surface area contributed by atoms with Gasteiger partial charge in [0.15, 0.2) is 6.29 Å². The maximum absolute atomic E-state index is 12.3. The first kappa shape index (κ1) is 38.0. The first-order valence-corrected chi connectivity index (χ1v) is 19.7. The van der Waals surface area contributed by atoms with Crippen molar-refractivity contribution in [1.29, 1.82) is 0 Å². The lowest BCUT2D eigenvalue weighted by molar-refractivity contribution is -0.344. The van der Waals surface area contributed by atoms with E-state index in [4.69, 9.17) is 23.7 Å². The zero-order chi connectivity index (χ0) is 37.3. The number of esters is 2. The minimum atomic E-state index is -1.54. The number of aliphatic hydroxyl groups excluding tert-OH is 4. The zero-order valence-electron chi connectivity index (χ0n) is 32.2. The highest BCUT2D eigenvalue weighted by Crippen LogP contribution is 2.91. The van der Waals surface area contributed by atoms with E-state index in [1.165, 1.54) is 13.8 Å². The second-order valence-electron chi connectivity index (χ2n) is 19.5. The van der Waals surface area contributed by atoms with E-state index in [0.717, 1.165) is 51.4 Å². The molecule has 0 aromatic rings. The molecule has 7 rings (SSSR count). The second kappa shape index (κ2) is 12.3. The maximum atomic E-state index is 12.3. The second-order valence-corrected chi connectivity index (χ2v) is 19.5. The summed E-state index contributed by atoms with van der Waals surface area (Å²) in [6, 6.07) is 0. The average molecular weight is 721 g/mol. The normalized spacial score (nSPS) is 52.6. The fourth-order valence-corrected chi connectivity index (χ4v) is 14.2. The first-order chi connectivity index (χ1) is 23.7. The molecule has 0 amide bonds. The summed E-state index contributed by atoms with van der Waals surface area (Å²) in [6.45, 7) is 18.0. The summed E-state index contributed by atoms with van der Waals surface area (Å²) in [6.07, 6.45) is 0.756. The van der Waals surface area contributed by atoms with Crippen LogP contribution in [0.15, 0.2) is 0 Å². The Hall–Kier alpha value is -1.34. The number of rotatable bonds is 8. The molecular formula is C40H64O11. The van der Waals surface area contributed by atoms with Crippen LogP contribution in [0, 0.1) is 50.7 Å². The van der Waals surface area contributed by atoms with Gasteiger partial charge in [-0.25, -0.2) is 0 Å². The van der Waals surface area contributed by atoms with Crippen molar-refractivity contribution in [3.63, 3.8) is 0 Å².